The fourth-order valence-electron chi connectivity index (χ4n) is 1.26. The highest BCUT2D eigenvalue weighted by Gasteiger charge is 2.31. The van der Waals surface area contributed by atoms with E-state index in [9.17, 15) is 27.6 Å². The highest BCUT2D eigenvalue weighted by Crippen LogP contribution is 2.29. The second-order valence-corrected chi connectivity index (χ2v) is 3.78. The number of rotatable bonds is 3. The summed E-state index contributed by atoms with van der Waals surface area (Å²) in [6.07, 6.45) is -4.59. The third kappa shape index (κ3) is 5.13. The first-order valence-corrected chi connectivity index (χ1v) is 5.60. The number of alkyl halides is 3. The van der Waals surface area contributed by atoms with Gasteiger partial charge in [-0.15, -0.1) is 0 Å². The van der Waals surface area contributed by atoms with Gasteiger partial charge in [0.15, 0.2) is 6.61 Å². The summed E-state index contributed by atoms with van der Waals surface area (Å²) in [5, 5.41) is 3.93. The van der Waals surface area contributed by atoms with E-state index in [1.54, 1.807) is 0 Å². The summed E-state index contributed by atoms with van der Waals surface area (Å²) in [6, 6.07) is 2.78. The van der Waals surface area contributed by atoms with Crippen molar-refractivity contribution in [3.8, 4) is 0 Å². The average Bonchev–Trinajstić information content (AvgIpc) is 2.43. The fourth-order valence-corrected chi connectivity index (χ4v) is 1.26. The second kappa shape index (κ2) is 6.73. The largest absolute Gasteiger partial charge is 0.452 e. The molecule has 1 aromatic rings. The van der Waals surface area contributed by atoms with Gasteiger partial charge < -0.3 is 10.1 Å². The van der Waals surface area contributed by atoms with Gasteiger partial charge in [0.25, 0.3) is 5.91 Å². The first-order valence-electron chi connectivity index (χ1n) is 5.60. The maximum absolute atomic E-state index is 12.5. The molecule has 0 heterocycles. The highest BCUT2D eigenvalue weighted by atomic mass is 19.4. The fraction of sp³-hybridized carbons (Fsp3) is 0.250. The van der Waals surface area contributed by atoms with Gasteiger partial charge in [0.1, 0.15) is 0 Å². The van der Waals surface area contributed by atoms with Gasteiger partial charge in [-0.1, -0.05) is 6.07 Å². The van der Waals surface area contributed by atoms with Crippen molar-refractivity contribution in [3.05, 3.63) is 35.4 Å². The maximum Gasteiger partial charge on any atom is 0.416 e. The first kappa shape index (κ1) is 16.5. The minimum Gasteiger partial charge on any atom is -0.452 e. The molecule has 0 bridgehead atoms. The summed E-state index contributed by atoms with van der Waals surface area (Å²) < 4.78 is 41.9. The van der Waals surface area contributed by atoms with Crippen LogP contribution in [0, 0.1) is 0 Å². The minimum atomic E-state index is -4.59. The summed E-state index contributed by atoms with van der Waals surface area (Å²) >= 11 is 0. The smallest absolute Gasteiger partial charge is 0.416 e. The Morgan fingerprint density at radius 1 is 1.24 bits per heavy atom. The molecule has 9 heteroatoms. The standard InChI is InChI=1S/C12H11F3N2O4/c1-16-11(20)17-9(18)6-21-10(19)7-3-2-4-8(5-7)12(13,14)15/h2-5H,6H2,1H3,(H2,16,17,18,20). The number of hydrogen-bond donors (Lipinski definition) is 2. The molecule has 0 spiro atoms. The molecule has 0 unspecified atom stereocenters. The van der Waals surface area contributed by atoms with Crippen LogP contribution >= 0.6 is 0 Å². The Kier molecular flexibility index (Phi) is 5.28. The number of urea groups is 1. The lowest BCUT2D eigenvalue weighted by Gasteiger charge is -2.08. The third-order valence-corrected chi connectivity index (χ3v) is 2.24. The molecule has 0 radical (unpaired) electrons. The van der Waals surface area contributed by atoms with Gasteiger partial charge in [-0.3, -0.25) is 10.1 Å². The molecule has 114 valence electrons. The number of nitrogens with one attached hydrogen (secondary N) is 2. The molecule has 1 rings (SSSR count). The number of halogens is 3. The van der Waals surface area contributed by atoms with Gasteiger partial charge >= 0.3 is 18.2 Å². The van der Waals surface area contributed by atoms with E-state index in [1.165, 1.54) is 7.05 Å². The van der Waals surface area contributed by atoms with Crippen LogP contribution in [0.2, 0.25) is 0 Å². The molecule has 0 aliphatic rings. The van der Waals surface area contributed by atoms with Crippen molar-refractivity contribution in [2.24, 2.45) is 0 Å². The number of carbonyl (C=O) groups excluding carboxylic acids is 3. The van der Waals surface area contributed by atoms with Gasteiger partial charge in [0.2, 0.25) is 0 Å². The predicted molar refractivity (Wildman–Crippen MR) is 64.3 cm³/mol. The number of esters is 1. The van der Waals surface area contributed by atoms with E-state index in [-0.39, 0.29) is 5.56 Å². The molecule has 0 aliphatic carbocycles. The van der Waals surface area contributed by atoms with E-state index in [1.807, 2.05) is 5.32 Å². The molecule has 0 aromatic heterocycles. The summed E-state index contributed by atoms with van der Waals surface area (Å²) in [7, 11) is 1.28. The maximum atomic E-state index is 12.5. The number of hydrogen-bond acceptors (Lipinski definition) is 4. The van der Waals surface area contributed by atoms with Crippen LogP contribution in [0.1, 0.15) is 15.9 Å². The molecule has 0 aliphatic heterocycles. The quantitative estimate of drug-likeness (QED) is 0.825. The summed E-state index contributed by atoms with van der Waals surface area (Å²) in [5.74, 6) is -2.01. The molecular formula is C12H11F3N2O4. The zero-order valence-electron chi connectivity index (χ0n) is 10.8. The number of benzene rings is 1. The molecule has 3 amide bonds. The molecule has 0 saturated heterocycles. The monoisotopic (exact) mass is 304 g/mol. The van der Waals surface area contributed by atoms with Gasteiger partial charge in [-0.05, 0) is 18.2 Å². The van der Waals surface area contributed by atoms with Crippen molar-refractivity contribution in [1.82, 2.24) is 10.6 Å². The molecule has 6 nitrogen and oxygen atoms in total. The summed E-state index contributed by atoms with van der Waals surface area (Å²) in [5.41, 5.74) is -1.36. The zero-order chi connectivity index (χ0) is 16.0. The Morgan fingerprint density at radius 3 is 2.48 bits per heavy atom. The molecule has 2 N–H and O–H groups in total. The van der Waals surface area contributed by atoms with Crippen LogP contribution in [-0.2, 0) is 15.7 Å². The predicted octanol–water partition coefficient (Wildman–Crippen LogP) is 1.32. The number of imide groups is 1. The Balaban J connectivity index is 2.64. The summed E-state index contributed by atoms with van der Waals surface area (Å²) in [4.78, 5) is 33.4. The third-order valence-electron chi connectivity index (χ3n) is 2.24. The molecular weight excluding hydrogens is 293 g/mol. The Labute approximate surface area is 117 Å². The van der Waals surface area contributed by atoms with E-state index < -0.39 is 36.3 Å². The lowest BCUT2D eigenvalue weighted by atomic mass is 10.1. The van der Waals surface area contributed by atoms with Gasteiger partial charge in [0.05, 0.1) is 11.1 Å². The highest BCUT2D eigenvalue weighted by molar-refractivity contribution is 5.96. The van der Waals surface area contributed by atoms with Crippen molar-refractivity contribution >= 4 is 17.9 Å². The van der Waals surface area contributed by atoms with Crippen molar-refractivity contribution < 1.29 is 32.3 Å². The molecule has 0 fully saturated rings. The Hall–Kier alpha value is -2.58. The van der Waals surface area contributed by atoms with Crippen LogP contribution < -0.4 is 10.6 Å². The lowest BCUT2D eigenvalue weighted by Crippen LogP contribution is -2.39. The van der Waals surface area contributed by atoms with E-state index in [0.29, 0.717) is 6.07 Å². The Morgan fingerprint density at radius 2 is 1.90 bits per heavy atom. The van der Waals surface area contributed by atoms with Crippen LogP contribution in [-0.4, -0.2) is 31.6 Å². The van der Waals surface area contributed by atoms with E-state index >= 15 is 0 Å². The van der Waals surface area contributed by atoms with E-state index in [2.05, 4.69) is 10.1 Å². The minimum absolute atomic E-state index is 0.349. The van der Waals surface area contributed by atoms with E-state index in [0.717, 1.165) is 18.2 Å². The average molecular weight is 304 g/mol. The molecule has 21 heavy (non-hydrogen) atoms. The SMILES string of the molecule is CNC(=O)NC(=O)COC(=O)c1cccc(C(F)(F)F)c1. The number of amides is 3. The van der Waals surface area contributed by atoms with Crippen LogP contribution in [0.15, 0.2) is 24.3 Å². The normalized spacial score (nSPS) is 10.7. The van der Waals surface area contributed by atoms with Crippen molar-refractivity contribution in [2.75, 3.05) is 13.7 Å². The second-order valence-electron chi connectivity index (χ2n) is 3.78. The van der Waals surface area contributed by atoms with Crippen LogP contribution in [0.5, 0.6) is 0 Å². The van der Waals surface area contributed by atoms with Crippen LogP contribution in [0.25, 0.3) is 0 Å². The molecule has 0 saturated carbocycles. The van der Waals surface area contributed by atoms with Crippen molar-refractivity contribution in [2.45, 2.75) is 6.18 Å². The first-order chi connectivity index (χ1) is 9.74. The van der Waals surface area contributed by atoms with Gasteiger partial charge in [-0.25, -0.2) is 9.59 Å². The number of carbonyl (C=O) groups is 3. The van der Waals surface area contributed by atoms with Crippen LogP contribution in [0.3, 0.4) is 0 Å². The van der Waals surface area contributed by atoms with Crippen molar-refractivity contribution in [3.63, 3.8) is 0 Å². The summed E-state index contributed by atoms with van der Waals surface area (Å²) in [6.45, 7) is -0.789. The van der Waals surface area contributed by atoms with Gasteiger partial charge in [0, 0.05) is 7.05 Å². The van der Waals surface area contributed by atoms with E-state index in [4.69, 9.17) is 0 Å². The lowest BCUT2D eigenvalue weighted by molar-refractivity contribution is -0.137. The topological polar surface area (TPSA) is 84.5 Å². The zero-order valence-corrected chi connectivity index (χ0v) is 10.8. The van der Waals surface area contributed by atoms with Crippen molar-refractivity contribution in [1.29, 1.82) is 0 Å². The van der Waals surface area contributed by atoms with Gasteiger partial charge in [-0.2, -0.15) is 13.2 Å². The Bertz CT molecular complexity index is 558. The number of ether oxygens (including phenoxy) is 1. The molecule has 1 aromatic carbocycles. The van der Waals surface area contributed by atoms with Crippen LogP contribution in [0.4, 0.5) is 18.0 Å². The molecule has 0 atom stereocenters.